The minimum Gasteiger partial charge on any atom is -0.465 e. The van der Waals surface area contributed by atoms with Gasteiger partial charge >= 0.3 is 5.97 Å². The second-order valence-electron chi connectivity index (χ2n) is 3.15. The van der Waals surface area contributed by atoms with Crippen LogP contribution >= 0.6 is 0 Å². The normalized spacial score (nSPS) is 11.0. The summed E-state index contributed by atoms with van der Waals surface area (Å²) in [5.74, 6) is -0.924. The number of nitrogens with zero attached hydrogens (tertiary/aromatic N) is 1. The van der Waals surface area contributed by atoms with E-state index in [0.717, 1.165) is 0 Å². The molecule has 16 heavy (non-hydrogen) atoms. The number of halogens is 2. The number of esters is 1. The molecule has 0 saturated carbocycles. The van der Waals surface area contributed by atoms with Crippen LogP contribution in [-0.4, -0.2) is 23.0 Å². The Hall–Kier alpha value is -1.98. The number of hydrogen-bond acceptors (Lipinski definition) is 3. The zero-order chi connectivity index (χ0) is 11.7. The first-order chi connectivity index (χ1) is 7.61. The van der Waals surface area contributed by atoms with Crippen molar-refractivity contribution in [3.05, 3.63) is 29.6 Å². The van der Waals surface area contributed by atoms with Crippen molar-refractivity contribution in [1.29, 1.82) is 0 Å². The zero-order valence-corrected chi connectivity index (χ0v) is 8.33. The third-order valence-corrected chi connectivity index (χ3v) is 2.13. The van der Waals surface area contributed by atoms with Gasteiger partial charge in [0.2, 0.25) is 0 Å². The number of aromatic nitrogens is 2. The number of hydrogen-bond donors (Lipinski definition) is 1. The second-order valence-corrected chi connectivity index (χ2v) is 3.15. The largest absolute Gasteiger partial charge is 0.465 e. The summed E-state index contributed by atoms with van der Waals surface area (Å²) in [6.45, 7) is 0. The number of fused-ring (bicyclic) bond motifs is 1. The Labute approximate surface area is 89.2 Å². The van der Waals surface area contributed by atoms with E-state index >= 15 is 0 Å². The van der Waals surface area contributed by atoms with Crippen LogP contribution in [0.15, 0.2) is 18.2 Å². The average molecular weight is 226 g/mol. The van der Waals surface area contributed by atoms with E-state index < -0.39 is 18.2 Å². The summed E-state index contributed by atoms with van der Waals surface area (Å²) in [6, 6.07) is 4.40. The van der Waals surface area contributed by atoms with E-state index in [1.54, 1.807) is 0 Å². The van der Waals surface area contributed by atoms with E-state index in [4.69, 9.17) is 0 Å². The molecule has 0 unspecified atom stereocenters. The van der Waals surface area contributed by atoms with Crippen LogP contribution in [0.1, 0.15) is 22.6 Å². The summed E-state index contributed by atoms with van der Waals surface area (Å²) in [7, 11) is 1.25. The molecule has 4 nitrogen and oxygen atoms in total. The molecule has 2 aromatic rings. The third kappa shape index (κ3) is 1.73. The molecule has 0 saturated heterocycles. The van der Waals surface area contributed by atoms with Gasteiger partial charge in [0, 0.05) is 0 Å². The number of carbonyl (C=O) groups excluding carboxylic acids is 1. The van der Waals surface area contributed by atoms with Crippen molar-refractivity contribution >= 4 is 17.0 Å². The van der Waals surface area contributed by atoms with Gasteiger partial charge in [-0.05, 0) is 18.2 Å². The Morgan fingerprint density at radius 3 is 2.88 bits per heavy atom. The molecule has 2 rings (SSSR count). The Morgan fingerprint density at radius 1 is 1.50 bits per heavy atom. The summed E-state index contributed by atoms with van der Waals surface area (Å²) in [5.41, 5.74) is 1.07. The van der Waals surface area contributed by atoms with Gasteiger partial charge in [0.1, 0.15) is 0 Å². The fraction of sp³-hybridized carbons (Fsp3) is 0.200. The van der Waals surface area contributed by atoms with E-state index in [9.17, 15) is 13.6 Å². The van der Waals surface area contributed by atoms with E-state index in [1.165, 1.54) is 25.3 Å². The summed E-state index contributed by atoms with van der Waals surface area (Å²) in [5, 5.41) is 0. The van der Waals surface area contributed by atoms with Crippen LogP contribution in [0.2, 0.25) is 0 Å². The van der Waals surface area contributed by atoms with Crippen molar-refractivity contribution in [1.82, 2.24) is 9.97 Å². The van der Waals surface area contributed by atoms with Crippen molar-refractivity contribution in [2.75, 3.05) is 7.11 Å². The highest BCUT2D eigenvalue weighted by molar-refractivity contribution is 5.93. The van der Waals surface area contributed by atoms with Crippen molar-refractivity contribution in [3.8, 4) is 0 Å². The van der Waals surface area contributed by atoms with Crippen LogP contribution in [0.25, 0.3) is 11.0 Å². The number of benzene rings is 1. The number of aromatic amines is 1. The van der Waals surface area contributed by atoms with Crippen molar-refractivity contribution < 1.29 is 18.3 Å². The molecule has 0 aliphatic heterocycles. The van der Waals surface area contributed by atoms with Gasteiger partial charge in [0.15, 0.2) is 5.82 Å². The van der Waals surface area contributed by atoms with Crippen molar-refractivity contribution in [3.63, 3.8) is 0 Å². The maximum atomic E-state index is 12.3. The first kappa shape index (κ1) is 10.5. The van der Waals surface area contributed by atoms with Gasteiger partial charge < -0.3 is 9.72 Å². The SMILES string of the molecule is COC(=O)c1ccc2nc(C(F)F)[nH]c2c1. The molecule has 6 heteroatoms. The lowest BCUT2D eigenvalue weighted by molar-refractivity contribution is 0.0601. The molecule has 1 aromatic heterocycles. The number of H-pyrrole nitrogens is 1. The lowest BCUT2D eigenvalue weighted by Crippen LogP contribution is -2.00. The first-order valence-corrected chi connectivity index (χ1v) is 4.48. The topological polar surface area (TPSA) is 55.0 Å². The van der Waals surface area contributed by atoms with Crippen molar-refractivity contribution in [2.45, 2.75) is 6.43 Å². The highest BCUT2D eigenvalue weighted by Gasteiger charge is 2.14. The number of carbonyl (C=O) groups is 1. The molecule has 1 N–H and O–H groups in total. The van der Waals surface area contributed by atoms with Gasteiger partial charge in [0.05, 0.1) is 23.7 Å². The van der Waals surface area contributed by atoms with Crippen LogP contribution < -0.4 is 0 Å². The number of rotatable bonds is 2. The van der Waals surface area contributed by atoms with Crippen molar-refractivity contribution in [2.24, 2.45) is 0 Å². The highest BCUT2D eigenvalue weighted by atomic mass is 19.3. The predicted octanol–water partition coefficient (Wildman–Crippen LogP) is 2.29. The average Bonchev–Trinajstić information content (AvgIpc) is 2.70. The minimum absolute atomic E-state index is 0.291. The molecule has 0 amide bonds. The summed E-state index contributed by atoms with van der Waals surface area (Å²) in [6.07, 6.45) is -2.66. The quantitative estimate of drug-likeness (QED) is 0.799. The molecule has 0 spiro atoms. The van der Waals surface area contributed by atoms with Gasteiger partial charge in [-0.1, -0.05) is 0 Å². The Bertz CT molecular complexity index is 537. The van der Waals surface area contributed by atoms with Crippen LogP contribution in [0.5, 0.6) is 0 Å². The van der Waals surface area contributed by atoms with Gasteiger partial charge in [-0.2, -0.15) is 0 Å². The molecule has 1 aromatic carbocycles. The molecule has 0 atom stereocenters. The molecule has 0 fully saturated rings. The molecule has 0 bridgehead atoms. The number of imidazole rings is 1. The zero-order valence-electron chi connectivity index (χ0n) is 8.33. The summed E-state index contributed by atoms with van der Waals surface area (Å²) >= 11 is 0. The van der Waals surface area contributed by atoms with E-state index in [1.807, 2.05) is 0 Å². The Balaban J connectivity index is 2.49. The second kappa shape index (κ2) is 3.88. The van der Waals surface area contributed by atoms with Gasteiger partial charge in [-0.3, -0.25) is 0 Å². The fourth-order valence-corrected chi connectivity index (χ4v) is 1.38. The molecular weight excluding hydrogens is 218 g/mol. The number of nitrogens with one attached hydrogen (secondary N) is 1. The van der Waals surface area contributed by atoms with E-state index in [0.29, 0.717) is 16.6 Å². The maximum Gasteiger partial charge on any atom is 0.337 e. The lowest BCUT2D eigenvalue weighted by Gasteiger charge is -1.97. The molecular formula is C10H8F2N2O2. The first-order valence-electron chi connectivity index (χ1n) is 4.48. The fourth-order valence-electron chi connectivity index (χ4n) is 1.38. The Kier molecular flexibility index (Phi) is 2.55. The Morgan fingerprint density at radius 2 is 2.25 bits per heavy atom. The monoisotopic (exact) mass is 226 g/mol. The molecule has 0 radical (unpaired) electrons. The van der Waals surface area contributed by atoms with E-state index in [2.05, 4.69) is 14.7 Å². The van der Waals surface area contributed by atoms with Crippen LogP contribution in [0.3, 0.4) is 0 Å². The number of methoxy groups -OCH3 is 1. The standard InChI is InChI=1S/C10H8F2N2O2/c1-16-10(15)5-2-3-6-7(4-5)14-9(13-6)8(11)12/h2-4,8H,1H3,(H,13,14). The number of alkyl halides is 2. The predicted molar refractivity (Wildman–Crippen MR) is 52.4 cm³/mol. The van der Waals surface area contributed by atoms with E-state index in [-0.39, 0.29) is 0 Å². The highest BCUT2D eigenvalue weighted by Crippen LogP contribution is 2.20. The number of ether oxygens (including phenoxy) is 1. The molecule has 0 aliphatic rings. The minimum atomic E-state index is -2.66. The molecule has 84 valence electrons. The van der Waals surface area contributed by atoms with Crippen LogP contribution in [0.4, 0.5) is 8.78 Å². The maximum absolute atomic E-state index is 12.3. The van der Waals surface area contributed by atoms with Gasteiger partial charge in [-0.15, -0.1) is 0 Å². The summed E-state index contributed by atoms with van der Waals surface area (Å²) in [4.78, 5) is 17.3. The lowest BCUT2D eigenvalue weighted by atomic mass is 10.2. The van der Waals surface area contributed by atoms with Crippen LogP contribution in [0, 0.1) is 0 Å². The summed E-state index contributed by atoms with van der Waals surface area (Å²) < 4.78 is 29.2. The van der Waals surface area contributed by atoms with Gasteiger partial charge in [0.25, 0.3) is 6.43 Å². The molecule has 0 aliphatic carbocycles. The third-order valence-electron chi connectivity index (χ3n) is 2.13. The van der Waals surface area contributed by atoms with Crippen LogP contribution in [-0.2, 0) is 4.74 Å². The molecule has 1 heterocycles. The smallest absolute Gasteiger partial charge is 0.337 e. The van der Waals surface area contributed by atoms with Gasteiger partial charge in [-0.25, -0.2) is 18.6 Å².